The van der Waals surface area contributed by atoms with Crippen molar-refractivity contribution in [1.29, 1.82) is 0 Å². The van der Waals surface area contributed by atoms with E-state index in [4.69, 9.17) is 0 Å². The van der Waals surface area contributed by atoms with Crippen molar-refractivity contribution in [3.63, 3.8) is 0 Å². The van der Waals surface area contributed by atoms with Gasteiger partial charge in [0.15, 0.2) is 6.29 Å². The van der Waals surface area contributed by atoms with Gasteiger partial charge >= 0.3 is 0 Å². The van der Waals surface area contributed by atoms with Crippen molar-refractivity contribution in [3.8, 4) is 0 Å². The molecule has 0 bridgehead atoms. The van der Waals surface area contributed by atoms with Crippen molar-refractivity contribution < 1.29 is 4.79 Å². The molecule has 0 atom stereocenters. The Balaban J connectivity index is 0.000000396. The number of fused-ring (bicyclic) bond motifs is 1. The van der Waals surface area contributed by atoms with Crippen LogP contribution in [0.25, 0.3) is 0 Å². The molecule has 0 saturated carbocycles. The highest BCUT2D eigenvalue weighted by Crippen LogP contribution is 2.05. The monoisotopic (exact) mass is 182 g/mol. The maximum absolute atomic E-state index is 10.5. The van der Waals surface area contributed by atoms with Gasteiger partial charge in [-0.25, -0.2) is 4.98 Å². The van der Waals surface area contributed by atoms with Crippen LogP contribution in [0.4, 0.5) is 0 Å². The number of imidazole rings is 1. The van der Waals surface area contributed by atoms with Gasteiger partial charge in [0.2, 0.25) is 0 Å². The number of rotatable bonds is 1. The van der Waals surface area contributed by atoms with Gasteiger partial charge < -0.3 is 15.6 Å². The van der Waals surface area contributed by atoms with Crippen molar-refractivity contribution in [2.75, 3.05) is 13.6 Å². The molecule has 2 heterocycles. The Morgan fingerprint density at radius 1 is 1.69 bits per heavy atom. The lowest BCUT2D eigenvalue weighted by atomic mass is 10.4. The maximum Gasteiger partial charge on any atom is 0.168 e. The summed E-state index contributed by atoms with van der Waals surface area (Å²) in [6, 6.07) is 0. The fourth-order valence-corrected chi connectivity index (χ4v) is 1.31. The standard InChI is InChI=1S/C7H9N3O.CH5N/c11-5-6-3-9-7-4-8-1-2-10(6)7;1-2/h3,5,8H,1-2,4H2;2H2,1H3. The van der Waals surface area contributed by atoms with Crippen LogP contribution in [-0.4, -0.2) is 29.4 Å². The van der Waals surface area contributed by atoms with Gasteiger partial charge in [-0.2, -0.15) is 0 Å². The molecule has 13 heavy (non-hydrogen) atoms. The van der Waals surface area contributed by atoms with E-state index < -0.39 is 0 Å². The van der Waals surface area contributed by atoms with Crippen LogP contribution in [0.1, 0.15) is 16.3 Å². The molecule has 1 aromatic rings. The van der Waals surface area contributed by atoms with Crippen LogP contribution >= 0.6 is 0 Å². The molecule has 0 fully saturated rings. The minimum atomic E-state index is 0.682. The van der Waals surface area contributed by atoms with E-state index in [-0.39, 0.29) is 0 Å². The van der Waals surface area contributed by atoms with Crippen LogP contribution in [0.15, 0.2) is 6.20 Å². The van der Waals surface area contributed by atoms with E-state index in [0.29, 0.717) is 5.69 Å². The molecule has 0 saturated heterocycles. The summed E-state index contributed by atoms with van der Waals surface area (Å²) in [5.74, 6) is 0.957. The second kappa shape index (κ2) is 4.74. The number of carbonyl (C=O) groups is 1. The summed E-state index contributed by atoms with van der Waals surface area (Å²) < 4.78 is 1.95. The molecule has 0 unspecified atom stereocenters. The molecule has 1 aliphatic heterocycles. The molecule has 5 nitrogen and oxygen atoms in total. The third kappa shape index (κ3) is 1.93. The lowest BCUT2D eigenvalue weighted by Gasteiger charge is -2.15. The highest BCUT2D eigenvalue weighted by atomic mass is 16.1. The molecular weight excluding hydrogens is 168 g/mol. The van der Waals surface area contributed by atoms with Crippen LogP contribution in [0.3, 0.4) is 0 Å². The number of aromatic nitrogens is 2. The number of hydrogen-bond donors (Lipinski definition) is 2. The van der Waals surface area contributed by atoms with Crippen LogP contribution in [0.2, 0.25) is 0 Å². The molecular formula is C8H14N4O. The smallest absolute Gasteiger partial charge is 0.168 e. The molecule has 0 radical (unpaired) electrons. The molecule has 0 spiro atoms. The van der Waals surface area contributed by atoms with Gasteiger partial charge in [0.05, 0.1) is 12.7 Å². The topological polar surface area (TPSA) is 72.9 Å². The predicted octanol–water partition coefficient (Wildman–Crippen LogP) is -0.626. The van der Waals surface area contributed by atoms with Crippen LogP contribution < -0.4 is 11.1 Å². The normalized spacial score (nSPS) is 14.0. The number of aldehydes is 1. The lowest BCUT2D eigenvalue weighted by Crippen LogP contribution is -2.29. The predicted molar refractivity (Wildman–Crippen MR) is 49.4 cm³/mol. The third-order valence-corrected chi connectivity index (χ3v) is 1.89. The second-order valence-electron chi connectivity index (χ2n) is 2.55. The first-order valence-electron chi connectivity index (χ1n) is 4.20. The van der Waals surface area contributed by atoms with Gasteiger partial charge in [-0.05, 0) is 7.05 Å². The number of carbonyl (C=O) groups excluding carboxylic acids is 1. The quantitative estimate of drug-likeness (QED) is 0.567. The fourth-order valence-electron chi connectivity index (χ4n) is 1.31. The third-order valence-electron chi connectivity index (χ3n) is 1.89. The van der Waals surface area contributed by atoms with Gasteiger partial charge in [0.25, 0.3) is 0 Å². The van der Waals surface area contributed by atoms with Gasteiger partial charge in [-0.1, -0.05) is 0 Å². The molecule has 3 N–H and O–H groups in total. The first-order valence-corrected chi connectivity index (χ1v) is 4.20. The van der Waals surface area contributed by atoms with E-state index in [2.05, 4.69) is 16.0 Å². The zero-order valence-electron chi connectivity index (χ0n) is 7.66. The number of hydrogen-bond acceptors (Lipinski definition) is 4. The first kappa shape index (κ1) is 9.88. The van der Waals surface area contributed by atoms with Gasteiger partial charge in [-0.15, -0.1) is 0 Å². The minimum Gasteiger partial charge on any atom is -0.333 e. The highest BCUT2D eigenvalue weighted by Gasteiger charge is 2.11. The molecule has 1 aromatic heterocycles. The summed E-state index contributed by atoms with van der Waals surface area (Å²) in [7, 11) is 1.50. The average molecular weight is 182 g/mol. The maximum atomic E-state index is 10.5. The summed E-state index contributed by atoms with van der Waals surface area (Å²) in [6.07, 6.45) is 2.47. The van der Waals surface area contributed by atoms with E-state index in [1.54, 1.807) is 6.20 Å². The van der Waals surface area contributed by atoms with Crippen molar-refractivity contribution in [1.82, 2.24) is 14.9 Å². The highest BCUT2D eigenvalue weighted by molar-refractivity contribution is 5.71. The first-order chi connectivity index (χ1) is 6.42. The number of nitrogens with two attached hydrogens (primary N) is 1. The molecule has 72 valence electrons. The summed E-state index contributed by atoms with van der Waals surface area (Å²) in [6.45, 7) is 2.54. The summed E-state index contributed by atoms with van der Waals surface area (Å²) in [5, 5.41) is 3.18. The summed E-state index contributed by atoms with van der Waals surface area (Å²) in [5.41, 5.74) is 5.18. The van der Waals surface area contributed by atoms with Crippen LogP contribution in [0, 0.1) is 0 Å². The Morgan fingerprint density at radius 3 is 3.15 bits per heavy atom. The number of nitrogens with zero attached hydrogens (tertiary/aromatic N) is 2. The van der Waals surface area contributed by atoms with E-state index in [0.717, 1.165) is 31.7 Å². The molecule has 0 amide bonds. The van der Waals surface area contributed by atoms with Crippen molar-refractivity contribution in [3.05, 3.63) is 17.7 Å². The van der Waals surface area contributed by atoms with E-state index in [9.17, 15) is 4.79 Å². The zero-order valence-corrected chi connectivity index (χ0v) is 7.66. The Hall–Kier alpha value is -1.20. The Morgan fingerprint density at radius 2 is 2.46 bits per heavy atom. The van der Waals surface area contributed by atoms with Crippen molar-refractivity contribution in [2.24, 2.45) is 5.73 Å². The molecule has 5 heteroatoms. The van der Waals surface area contributed by atoms with Gasteiger partial charge in [-0.3, -0.25) is 4.79 Å². The number of nitrogens with one attached hydrogen (secondary N) is 1. The average Bonchev–Trinajstić information content (AvgIpc) is 2.64. The van der Waals surface area contributed by atoms with Crippen LogP contribution in [-0.2, 0) is 13.1 Å². The van der Waals surface area contributed by atoms with E-state index in [1.807, 2.05) is 4.57 Å². The minimum absolute atomic E-state index is 0.682. The Kier molecular flexibility index (Phi) is 3.60. The molecule has 1 aliphatic rings. The zero-order chi connectivity index (χ0) is 9.68. The van der Waals surface area contributed by atoms with Crippen molar-refractivity contribution >= 4 is 6.29 Å². The summed E-state index contributed by atoms with van der Waals surface area (Å²) in [4.78, 5) is 14.6. The Bertz CT molecular complexity index is 282. The van der Waals surface area contributed by atoms with Crippen LogP contribution in [0.5, 0.6) is 0 Å². The van der Waals surface area contributed by atoms with Gasteiger partial charge in [0, 0.05) is 13.1 Å². The Labute approximate surface area is 76.9 Å². The largest absolute Gasteiger partial charge is 0.333 e. The fraction of sp³-hybridized carbons (Fsp3) is 0.500. The van der Waals surface area contributed by atoms with Crippen molar-refractivity contribution in [2.45, 2.75) is 13.1 Å². The SMILES string of the molecule is CN.O=Cc1cnc2n1CCNC2. The van der Waals surface area contributed by atoms with E-state index >= 15 is 0 Å². The molecule has 0 aromatic carbocycles. The summed E-state index contributed by atoms with van der Waals surface area (Å²) >= 11 is 0. The van der Waals surface area contributed by atoms with Gasteiger partial charge in [0.1, 0.15) is 11.5 Å². The molecule has 0 aliphatic carbocycles. The van der Waals surface area contributed by atoms with E-state index in [1.165, 1.54) is 7.05 Å². The second-order valence-corrected chi connectivity index (χ2v) is 2.55. The molecule has 2 rings (SSSR count). The lowest BCUT2D eigenvalue weighted by molar-refractivity contribution is 0.111.